The summed E-state index contributed by atoms with van der Waals surface area (Å²) in [7, 11) is 0. The van der Waals surface area contributed by atoms with Gasteiger partial charge in [-0.1, -0.05) is 42.1 Å². The number of ether oxygens (including phenoxy) is 1. The maximum atomic E-state index is 6.45. The van der Waals surface area contributed by atoms with Gasteiger partial charge in [0.2, 0.25) is 0 Å². The van der Waals surface area contributed by atoms with Gasteiger partial charge >= 0.3 is 0 Å². The van der Waals surface area contributed by atoms with Crippen molar-refractivity contribution in [3.63, 3.8) is 0 Å². The van der Waals surface area contributed by atoms with Crippen LogP contribution in [0.5, 0.6) is 5.75 Å². The lowest BCUT2D eigenvalue weighted by Gasteiger charge is -2.57. The number of halogens is 1. The Labute approximate surface area is 136 Å². The van der Waals surface area contributed by atoms with Crippen molar-refractivity contribution in [3.05, 3.63) is 28.2 Å². The zero-order chi connectivity index (χ0) is 14.9. The van der Waals surface area contributed by atoms with E-state index in [1.54, 1.807) is 0 Å². The molecule has 2 aliphatic carbocycles. The van der Waals surface area contributed by atoms with Gasteiger partial charge in [0.1, 0.15) is 11.9 Å². The SMILES string of the molecule is CCNC1CC(Oc2ccc(Br)cc2C)C12CCCCC2. The molecule has 2 atom stereocenters. The van der Waals surface area contributed by atoms with Gasteiger partial charge in [0, 0.05) is 22.4 Å². The van der Waals surface area contributed by atoms with Crippen molar-refractivity contribution in [2.24, 2.45) is 5.41 Å². The molecule has 3 rings (SSSR count). The Bertz CT molecular complexity index is 496. The summed E-state index contributed by atoms with van der Waals surface area (Å²) in [6, 6.07) is 6.99. The first-order valence-electron chi connectivity index (χ1n) is 8.32. The lowest BCUT2D eigenvalue weighted by molar-refractivity contribution is -0.102. The quantitative estimate of drug-likeness (QED) is 0.837. The third-order valence-corrected chi connectivity index (χ3v) is 5.92. The normalized spacial score (nSPS) is 27.4. The molecular formula is C18H26BrNO. The van der Waals surface area contributed by atoms with Crippen LogP contribution in [-0.2, 0) is 0 Å². The lowest BCUT2D eigenvalue weighted by atomic mass is 9.55. The molecular weight excluding hydrogens is 326 g/mol. The number of benzene rings is 1. The van der Waals surface area contributed by atoms with Gasteiger partial charge in [-0.05, 0) is 50.1 Å². The second-order valence-corrected chi connectivity index (χ2v) is 7.57. The molecule has 2 nitrogen and oxygen atoms in total. The van der Waals surface area contributed by atoms with E-state index < -0.39 is 0 Å². The van der Waals surface area contributed by atoms with Crippen molar-refractivity contribution < 1.29 is 4.74 Å². The van der Waals surface area contributed by atoms with E-state index in [9.17, 15) is 0 Å². The van der Waals surface area contributed by atoms with Crippen LogP contribution in [0, 0.1) is 12.3 Å². The fourth-order valence-corrected chi connectivity index (χ4v) is 4.70. The van der Waals surface area contributed by atoms with Gasteiger partial charge in [0.15, 0.2) is 0 Å². The first-order valence-corrected chi connectivity index (χ1v) is 9.11. The van der Waals surface area contributed by atoms with Crippen molar-refractivity contribution >= 4 is 15.9 Å². The molecule has 0 heterocycles. The van der Waals surface area contributed by atoms with E-state index >= 15 is 0 Å². The fraction of sp³-hybridized carbons (Fsp3) is 0.667. The summed E-state index contributed by atoms with van der Waals surface area (Å²) in [5.41, 5.74) is 1.61. The Balaban J connectivity index is 1.75. The second kappa shape index (κ2) is 6.29. The molecule has 0 amide bonds. The Morgan fingerprint density at radius 1 is 1.29 bits per heavy atom. The van der Waals surface area contributed by atoms with Crippen LogP contribution in [0.1, 0.15) is 51.0 Å². The summed E-state index contributed by atoms with van der Waals surface area (Å²) < 4.78 is 7.57. The molecule has 2 aliphatic rings. The predicted octanol–water partition coefficient (Wildman–Crippen LogP) is 4.84. The van der Waals surface area contributed by atoms with E-state index in [0.717, 1.165) is 23.2 Å². The number of aryl methyl sites for hydroxylation is 1. The summed E-state index contributed by atoms with van der Waals surface area (Å²) in [5, 5.41) is 3.69. The maximum Gasteiger partial charge on any atom is 0.122 e. The number of hydrogen-bond acceptors (Lipinski definition) is 2. The average molecular weight is 352 g/mol. The van der Waals surface area contributed by atoms with Crippen LogP contribution in [-0.4, -0.2) is 18.7 Å². The fourth-order valence-electron chi connectivity index (χ4n) is 4.22. The van der Waals surface area contributed by atoms with Crippen molar-refractivity contribution in [1.82, 2.24) is 5.32 Å². The molecule has 1 aromatic rings. The first kappa shape index (κ1) is 15.4. The highest BCUT2D eigenvalue weighted by Crippen LogP contribution is 2.53. The Morgan fingerprint density at radius 3 is 2.71 bits per heavy atom. The van der Waals surface area contributed by atoms with Gasteiger partial charge < -0.3 is 10.1 Å². The molecule has 0 aromatic heterocycles. The maximum absolute atomic E-state index is 6.45. The molecule has 0 saturated heterocycles. The van der Waals surface area contributed by atoms with E-state index in [1.807, 2.05) is 0 Å². The summed E-state index contributed by atoms with van der Waals surface area (Å²) in [5.74, 6) is 1.06. The van der Waals surface area contributed by atoms with Gasteiger partial charge in [0.05, 0.1) is 0 Å². The lowest BCUT2D eigenvalue weighted by Crippen LogP contribution is -2.65. The third kappa shape index (κ3) is 2.87. The molecule has 1 N–H and O–H groups in total. The van der Waals surface area contributed by atoms with Gasteiger partial charge in [-0.2, -0.15) is 0 Å². The number of rotatable bonds is 4. The highest BCUT2D eigenvalue weighted by Gasteiger charge is 2.56. The molecule has 0 aliphatic heterocycles. The Morgan fingerprint density at radius 2 is 2.05 bits per heavy atom. The van der Waals surface area contributed by atoms with E-state index in [-0.39, 0.29) is 0 Å². The van der Waals surface area contributed by atoms with Crippen LogP contribution in [0.3, 0.4) is 0 Å². The van der Waals surface area contributed by atoms with Gasteiger partial charge in [-0.3, -0.25) is 0 Å². The van der Waals surface area contributed by atoms with Gasteiger partial charge in [-0.25, -0.2) is 0 Å². The van der Waals surface area contributed by atoms with Crippen molar-refractivity contribution in [2.75, 3.05) is 6.54 Å². The molecule has 116 valence electrons. The predicted molar refractivity (Wildman–Crippen MR) is 90.9 cm³/mol. The van der Waals surface area contributed by atoms with Crippen LogP contribution < -0.4 is 10.1 Å². The topological polar surface area (TPSA) is 21.3 Å². The van der Waals surface area contributed by atoms with Crippen LogP contribution in [0.25, 0.3) is 0 Å². The smallest absolute Gasteiger partial charge is 0.122 e. The van der Waals surface area contributed by atoms with Crippen molar-refractivity contribution in [3.8, 4) is 5.75 Å². The van der Waals surface area contributed by atoms with E-state index in [1.165, 1.54) is 37.7 Å². The molecule has 2 fully saturated rings. The Hall–Kier alpha value is -0.540. The van der Waals surface area contributed by atoms with Crippen LogP contribution in [0.4, 0.5) is 0 Å². The second-order valence-electron chi connectivity index (χ2n) is 6.66. The van der Waals surface area contributed by atoms with Crippen molar-refractivity contribution in [2.45, 2.75) is 64.5 Å². The molecule has 1 aromatic carbocycles. The highest BCUT2D eigenvalue weighted by molar-refractivity contribution is 9.10. The summed E-state index contributed by atoms with van der Waals surface area (Å²) in [4.78, 5) is 0. The standard InChI is InChI=1S/C18H26BrNO/c1-3-20-16-12-17(18(16)9-5-4-6-10-18)21-15-8-7-14(19)11-13(15)2/h7-8,11,16-17,20H,3-6,9-10,12H2,1-2H3. The number of nitrogens with one attached hydrogen (secondary N) is 1. The van der Waals surface area contributed by atoms with E-state index in [2.05, 4.69) is 53.3 Å². The zero-order valence-electron chi connectivity index (χ0n) is 13.1. The Kier molecular flexibility index (Phi) is 4.60. The summed E-state index contributed by atoms with van der Waals surface area (Å²) >= 11 is 3.53. The summed E-state index contributed by atoms with van der Waals surface area (Å²) in [6.07, 6.45) is 8.31. The van der Waals surface area contributed by atoms with Crippen LogP contribution >= 0.6 is 15.9 Å². The molecule has 21 heavy (non-hydrogen) atoms. The number of hydrogen-bond donors (Lipinski definition) is 1. The minimum atomic E-state index is 0.383. The van der Waals surface area contributed by atoms with Gasteiger partial charge in [0.25, 0.3) is 0 Å². The van der Waals surface area contributed by atoms with E-state index in [4.69, 9.17) is 4.74 Å². The molecule has 3 heteroatoms. The van der Waals surface area contributed by atoms with Crippen LogP contribution in [0.2, 0.25) is 0 Å². The largest absolute Gasteiger partial charge is 0.489 e. The summed E-state index contributed by atoms with van der Waals surface area (Å²) in [6.45, 7) is 5.41. The minimum Gasteiger partial charge on any atom is -0.489 e. The first-order chi connectivity index (χ1) is 10.2. The molecule has 0 bridgehead atoms. The van der Waals surface area contributed by atoms with Gasteiger partial charge in [-0.15, -0.1) is 0 Å². The average Bonchev–Trinajstić information content (AvgIpc) is 2.49. The monoisotopic (exact) mass is 351 g/mol. The molecule has 2 saturated carbocycles. The minimum absolute atomic E-state index is 0.383. The third-order valence-electron chi connectivity index (χ3n) is 5.43. The highest BCUT2D eigenvalue weighted by atomic mass is 79.9. The zero-order valence-corrected chi connectivity index (χ0v) is 14.7. The molecule has 0 radical (unpaired) electrons. The van der Waals surface area contributed by atoms with Crippen LogP contribution in [0.15, 0.2) is 22.7 Å². The van der Waals surface area contributed by atoms with E-state index in [0.29, 0.717) is 17.6 Å². The van der Waals surface area contributed by atoms with Crippen molar-refractivity contribution in [1.29, 1.82) is 0 Å². The molecule has 1 spiro atoms. The molecule has 2 unspecified atom stereocenters.